The Kier molecular flexibility index (Phi) is 12.2. The maximum Gasteiger partial charge on any atom is 0.249 e. The zero-order valence-corrected chi connectivity index (χ0v) is 48.2. The van der Waals surface area contributed by atoms with E-state index in [2.05, 4.69) is 299 Å². The smallest absolute Gasteiger partial charge is 0.249 e. The average molecular weight is 1130 g/mol. The van der Waals surface area contributed by atoms with E-state index in [1.165, 1.54) is 63.7 Å². The highest BCUT2D eigenvalue weighted by Crippen LogP contribution is 2.51. The van der Waals surface area contributed by atoms with Crippen LogP contribution in [-0.2, 0) is 0 Å². The van der Waals surface area contributed by atoms with Crippen molar-refractivity contribution in [3.8, 4) is 22.5 Å². The second kappa shape index (κ2) is 20.8. The third-order valence-electron chi connectivity index (χ3n) is 17.2. The monoisotopic (exact) mass is 1130 g/mol. The van der Waals surface area contributed by atoms with Gasteiger partial charge in [-0.05, 0) is 149 Å². The van der Waals surface area contributed by atoms with E-state index in [0.29, 0.717) is 0 Å². The van der Waals surface area contributed by atoms with Crippen molar-refractivity contribution in [1.29, 1.82) is 0 Å². The fraction of sp³-hybridized carbons (Fsp3) is 0. The predicted molar refractivity (Wildman–Crippen MR) is 362 cm³/mol. The summed E-state index contributed by atoms with van der Waals surface area (Å²) in [6, 6.07) is 106. The average Bonchev–Trinajstić information content (AvgIpc) is 1.23. The molecule has 0 fully saturated rings. The van der Waals surface area contributed by atoms with Crippen LogP contribution in [0.25, 0.3) is 22.5 Å². The van der Waals surface area contributed by atoms with E-state index >= 15 is 0 Å². The minimum absolute atomic E-state index is 0.0407. The van der Waals surface area contributed by atoms with Crippen molar-refractivity contribution in [2.75, 3.05) is 19.6 Å². The summed E-state index contributed by atoms with van der Waals surface area (Å²) < 4.78 is 0. The van der Waals surface area contributed by atoms with Gasteiger partial charge in [-0.15, -0.1) is 0 Å². The Morgan fingerprint density at radius 2 is 0.721 bits per heavy atom. The lowest BCUT2D eigenvalue weighted by molar-refractivity contribution is 1.22. The molecule has 13 aromatic rings. The van der Waals surface area contributed by atoms with Crippen molar-refractivity contribution in [3.05, 3.63) is 304 Å². The van der Waals surface area contributed by atoms with Gasteiger partial charge >= 0.3 is 0 Å². The van der Waals surface area contributed by atoms with Crippen molar-refractivity contribution in [2.24, 2.45) is 0 Å². The van der Waals surface area contributed by atoms with E-state index in [9.17, 15) is 0 Å². The molecular weight excluding hydrogens is 1080 g/mol. The van der Waals surface area contributed by atoms with E-state index in [0.717, 1.165) is 79.4 Å². The van der Waals surface area contributed by atoms with Crippen LogP contribution in [0.5, 0.6) is 0 Å². The number of hydrogen-bond acceptors (Lipinski definition) is 8. The number of fused-ring (bicyclic) bond motifs is 8. The standard InChI is InChI=1S/C76H50B2N6S2/c1-5-25-51(26-6-1)81(52-27-7-2-8-28-52)55-45-69-75-73(47-55)85-71-50-72-62(49-61(71)77(75)59-35-15-19-41-67(59)83(69)54-31-11-4-12-32-54)78-60-36-16-20-42-68(60)84(66-40-18-14-34-58(66)64-38-22-24-44-80-64)70-46-56(48-74(86-72)76(70)78)82(53-29-9-3-10-30-53)65-39-17-13-33-57(65)63-37-21-23-43-79-63/h1-50H. The molecular formula is C76H50B2N6S2. The molecule has 11 aromatic carbocycles. The SMILES string of the molecule is c1ccc(N(c2ccccc2)c2cc3c4c(c2)N(c2ccccc2)c2ccccc2B4c2cc4c(cc2S3)Sc2cc(N(c3ccccc3)c3ccccc3-c3ccccn3)cc3c2B4c2ccccc2N3c2ccccc2-c2ccccn2)cc1. The molecule has 86 heavy (non-hydrogen) atoms. The van der Waals surface area contributed by atoms with Crippen LogP contribution >= 0.6 is 23.5 Å². The van der Waals surface area contributed by atoms with Crippen LogP contribution in [0.2, 0.25) is 0 Å². The molecule has 0 atom stereocenters. The molecule has 0 N–H and O–H groups in total. The summed E-state index contributed by atoms with van der Waals surface area (Å²) in [5, 5.41) is 0. The molecule has 17 rings (SSSR count). The first-order chi connectivity index (χ1) is 42.7. The number of pyridine rings is 2. The Morgan fingerprint density at radius 1 is 0.291 bits per heavy atom. The van der Waals surface area contributed by atoms with Crippen LogP contribution in [0.15, 0.2) is 323 Å². The molecule has 10 heteroatoms. The highest BCUT2D eigenvalue weighted by atomic mass is 32.2. The van der Waals surface area contributed by atoms with Crippen molar-refractivity contribution >= 4 is 138 Å². The highest BCUT2D eigenvalue weighted by Gasteiger charge is 2.46. The van der Waals surface area contributed by atoms with Gasteiger partial charge in [-0.3, -0.25) is 9.97 Å². The third kappa shape index (κ3) is 8.23. The molecule has 0 bridgehead atoms. The molecule has 6 heterocycles. The van der Waals surface area contributed by atoms with Gasteiger partial charge in [0.05, 0.1) is 22.8 Å². The van der Waals surface area contributed by atoms with Gasteiger partial charge in [-0.1, -0.05) is 198 Å². The first-order valence-electron chi connectivity index (χ1n) is 29.2. The first kappa shape index (κ1) is 50.3. The van der Waals surface area contributed by atoms with Gasteiger partial charge in [0.2, 0.25) is 13.4 Å². The lowest BCUT2D eigenvalue weighted by atomic mass is 9.32. The summed E-state index contributed by atoms with van der Waals surface area (Å²) >= 11 is 3.82. The Morgan fingerprint density at radius 3 is 1.28 bits per heavy atom. The second-order valence-corrected chi connectivity index (χ2v) is 24.2. The number of anilines is 12. The molecule has 4 aliphatic rings. The lowest BCUT2D eigenvalue weighted by Crippen LogP contribution is -2.63. The first-order valence-corrected chi connectivity index (χ1v) is 30.8. The Balaban J connectivity index is 0.910. The summed E-state index contributed by atoms with van der Waals surface area (Å²) in [6.07, 6.45) is 3.78. The number of nitrogens with zero attached hydrogens (tertiary/aromatic N) is 6. The van der Waals surface area contributed by atoms with E-state index in [4.69, 9.17) is 9.97 Å². The minimum Gasteiger partial charge on any atom is -0.311 e. The Labute approximate surface area is 509 Å². The topological polar surface area (TPSA) is 38.7 Å². The fourth-order valence-corrected chi connectivity index (χ4v) is 16.2. The van der Waals surface area contributed by atoms with Crippen LogP contribution < -0.4 is 52.4 Å². The van der Waals surface area contributed by atoms with Gasteiger partial charge < -0.3 is 19.6 Å². The highest BCUT2D eigenvalue weighted by molar-refractivity contribution is 8.01. The van der Waals surface area contributed by atoms with Crippen molar-refractivity contribution in [3.63, 3.8) is 0 Å². The molecule has 6 nitrogen and oxygen atoms in total. The van der Waals surface area contributed by atoms with Gasteiger partial charge in [0, 0.05) is 100.0 Å². The Bertz CT molecular complexity index is 4710. The molecule has 402 valence electrons. The zero-order chi connectivity index (χ0) is 56.7. The second-order valence-electron chi connectivity index (χ2n) is 22.0. The van der Waals surface area contributed by atoms with Crippen LogP contribution in [0, 0.1) is 0 Å². The quantitative estimate of drug-likeness (QED) is 0.125. The molecule has 0 saturated heterocycles. The molecule has 2 aromatic heterocycles. The lowest BCUT2D eigenvalue weighted by Gasteiger charge is -2.43. The number of hydrogen-bond donors (Lipinski definition) is 0. The molecule has 0 aliphatic carbocycles. The Hall–Kier alpha value is -10.3. The van der Waals surface area contributed by atoms with Gasteiger partial charge in [-0.2, -0.15) is 0 Å². The van der Waals surface area contributed by atoms with Crippen LogP contribution in [0.4, 0.5) is 68.2 Å². The van der Waals surface area contributed by atoms with E-state index in [-0.39, 0.29) is 13.4 Å². The summed E-state index contributed by atoms with van der Waals surface area (Å²) in [6.45, 7) is -0.129. The van der Waals surface area contributed by atoms with Gasteiger partial charge in [0.1, 0.15) is 0 Å². The molecule has 0 amide bonds. The molecule has 4 aliphatic heterocycles. The number of aromatic nitrogens is 2. The van der Waals surface area contributed by atoms with Crippen LogP contribution in [0.1, 0.15) is 0 Å². The van der Waals surface area contributed by atoms with Crippen LogP contribution in [-0.4, -0.2) is 23.4 Å². The maximum atomic E-state index is 4.98. The molecule has 0 radical (unpaired) electrons. The maximum absolute atomic E-state index is 4.98. The largest absolute Gasteiger partial charge is 0.311 e. The third-order valence-corrected chi connectivity index (χ3v) is 19.5. The summed E-state index contributed by atoms with van der Waals surface area (Å²) in [5.41, 5.74) is 25.1. The number of rotatable bonds is 10. The molecule has 0 spiro atoms. The van der Waals surface area contributed by atoms with Gasteiger partial charge in [-0.25, -0.2) is 0 Å². The van der Waals surface area contributed by atoms with Crippen molar-refractivity contribution in [1.82, 2.24) is 9.97 Å². The van der Waals surface area contributed by atoms with E-state index < -0.39 is 0 Å². The summed E-state index contributed by atoms with van der Waals surface area (Å²) in [5.74, 6) is 0. The van der Waals surface area contributed by atoms with E-state index in [1.807, 2.05) is 48.1 Å². The normalized spacial score (nSPS) is 12.9. The zero-order valence-electron chi connectivity index (χ0n) is 46.5. The summed E-state index contributed by atoms with van der Waals surface area (Å²) in [4.78, 5) is 24.8. The fourth-order valence-electron chi connectivity index (χ4n) is 13.7. The molecule has 0 saturated carbocycles. The summed E-state index contributed by atoms with van der Waals surface area (Å²) in [7, 11) is 0. The van der Waals surface area contributed by atoms with Gasteiger partial charge in [0.25, 0.3) is 0 Å². The van der Waals surface area contributed by atoms with Crippen molar-refractivity contribution in [2.45, 2.75) is 19.6 Å². The van der Waals surface area contributed by atoms with E-state index in [1.54, 1.807) is 0 Å². The van der Waals surface area contributed by atoms with Gasteiger partial charge in [0.15, 0.2) is 0 Å². The predicted octanol–water partition coefficient (Wildman–Crippen LogP) is 16.3. The molecule has 0 unspecified atom stereocenters. The van der Waals surface area contributed by atoms with Crippen LogP contribution in [0.3, 0.4) is 0 Å². The minimum atomic E-state index is -0.0887. The van der Waals surface area contributed by atoms with Crippen molar-refractivity contribution < 1.29 is 0 Å². The number of benzene rings is 11. The number of para-hydroxylation sites is 8.